The molecule has 1 fully saturated rings. The number of hydrogen-bond acceptors (Lipinski definition) is 7. The molecule has 1 aliphatic carbocycles. The van der Waals surface area contributed by atoms with Crippen LogP contribution in [0.4, 0.5) is 29.2 Å². The van der Waals surface area contributed by atoms with Crippen molar-refractivity contribution in [3.63, 3.8) is 0 Å². The molecule has 0 radical (unpaired) electrons. The van der Waals surface area contributed by atoms with E-state index < -0.39 is 40.6 Å². The molecule has 41 heavy (non-hydrogen) atoms. The zero-order valence-corrected chi connectivity index (χ0v) is 22.9. The molecule has 1 aliphatic rings. The van der Waals surface area contributed by atoms with Crippen molar-refractivity contribution >= 4 is 28.9 Å². The molecule has 0 aliphatic heterocycles. The largest absolute Gasteiger partial charge is 0.481 e. The van der Waals surface area contributed by atoms with Crippen molar-refractivity contribution in [1.82, 2.24) is 15.0 Å². The van der Waals surface area contributed by atoms with E-state index in [2.05, 4.69) is 20.3 Å². The Hall–Kier alpha value is -3.90. The van der Waals surface area contributed by atoms with Gasteiger partial charge in [0.05, 0.1) is 10.8 Å². The molecule has 214 valence electrons. The lowest BCUT2D eigenvalue weighted by Gasteiger charge is -2.44. The van der Waals surface area contributed by atoms with Crippen molar-refractivity contribution in [3.8, 4) is 21.6 Å². The molecule has 0 bridgehead atoms. The highest BCUT2D eigenvalue weighted by Crippen LogP contribution is 2.51. The molecule has 0 saturated heterocycles. The number of alkyl halides is 3. The molecular formula is C29H26F4N4O3S. The summed E-state index contributed by atoms with van der Waals surface area (Å²) in [5.41, 5.74) is -1.48. The van der Waals surface area contributed by atoms with E-state index in [1.165, 1.54) is 17.4 Å². The van der Waals surface area contributed by atoms with Crippen LogP contribution in [0.2, 0.25) is 0 Å². The number of carboxylic acids is 1. The molecule has 5 rings (SSSR count). The van der Waals surface area contributed by atoms with Crippen LogP contribution < -0.4 is 5.32 Å². The number of hydrogen-bond donors (Lipinski definition) is 3. The zero-order chi connectivity index (χ0) is 29.6. The van der Waals surface area contributed by atoms with Gasteiger partial charge in [-0.3, -0.25) is 4.79 Å². The minimum atomic E-state index is -4.66. The molecule has 0 amide bonds. The van der Waals surface area contributed by atoms with Gasteiger partial charge in [-0.1, -0.05) is 32.0 Å². The molecule has 12 heteroatoms. The van der Waals surface area contributed by atoms with E-state index in [4.69, 9.17) is 0 Å². The topological polar surface area (TPSA) is 108 Å². The number of carboxylic acid groups (broad SMARTS) is 1. The second-order valence-electron chi connectivity index (χ2n) is 10.8. The maximum absolute atomic E-state index is 14.8. The fraction of sp³-hybridized carbons (Fsp3) is 0.310. The number of aromatic nitrogens is 3. The molecule has 0 spiro atoms. The van der Waals surface area contributed by atoms with E-state index >= 15 is 0 Å². The van der Waals surface area contributed by atoms with Gasteiger partial charge in [-0.2, -0.15) is 13.2 Å². The maximum Gasteiger partial charge on any atom is 0.433 e. The summed E-state index contributed by atoms with van der Waals surface area (Å²) < 4.78 is 54.4. The summed E-state index contributed by atoms with van der Waals surface area (Å²) in [7, 11) is 0. The number of thiazole rings is 1. The summed E-state index contributed by atoms with van der Waals surface area (Å²) in [5.74, 6) is -2.26. The normalized spacial score (nSPS) is 20.5. The van der Waals surface area contributed by atoms with Crippen molar-refractivity contribution in [2.24, 2.45) is 11.3 Å². The lowest BCUT2D eigenvalue weighted by molar-refractivity contribution is -0.154. The van der Waals surface area contributed by atoms with Crippen molar-refractivity contribution in [2.45, 2.75) is 44.9 Å². The number of rotatable bonds is 6. The summed E-state index contributed by atoms with van der Waals surface area (Å²) >= 11 is 1.22. The van der Waals surface area contributed by atoms with Crippen molar-refractivity contribution in [3.05, 3.63) is 77.4 Å². The van der Waals surface area contributed by atoms with Crippen LogP contribution in [-0.4, -0.2) is 31.1 Å². The number of carbonyl (C=O) groups is 1. The third-order valence-corrected chi connectivity index (χ3v) is 8.58. The Kier molecular flexibility index (Phi) is 7.33. The molecule has 2 atom stereocenters. The summed E-state index contributed by atoms with van der Waals surface area (Å²) in [6.07, 6.45) is -1.36. The first-order valence-corrected chi connectivity index (χ1v) is 13.6. The quantitative estimate of drug-likeness (QED) is 0.204. The number of aliphatic carboxylic acids is 1. The van der Waals surface area contributed by atoms with Crippen LogP contribution in [-0.2, 0) is 16.6 Å². The molecule has 2 aromatic heterocycles. The second kappa shape index (κ2) is 10.5. The fourth-order valence-corrected chi connectivity index (χ4v) is 6.42. The minimum absolute atomic E-state index is 0.207. The van der Waals surface area contributed by atoms with Crippen LogP contribution in [0, 0.1) is 17.2 Å². The average Bonchev–Trinajstić information content (AvgIpc) is 3.39. The fourth-order valence-electron chi connectivity index (χ4n) is 5.40. The van der Waals surface area contributed by atoms with Crippen LogP contribution in [0.15, 0.2) is 60.9 Å². The van der Waals surface area contributed by atoms with E-state index in [1.807, 2.05) is 13.8 Å². The number of anilines is 2. The Labute approximate surface area is 237 Å². The SMILES string of the molecule is CC1(C)C[C@@](O)(c2ncc(-c3cc(Nc4nccc(C(F)(F)F)n4)cc(-c4ccccc4F)c3)s2)CC[C@@H]1C(=O)O. The third-order valence-electron chi connectivity index (χ3n) is 7.34. The van der Waals surface area contributed by atoms with Gasteiger partial charge < -0.3 is 15.5 Å². The highest BCUT2D eigenvalue weighted by molar-refractivity contribution is 7.15. The van der Waals surface area contributed by atoms with E-state index in [1.54, 1.807) is 42.6 Å². The van der Waals surface area contributed by atoms with Crippen LogP contribution >= 0.6 is 11.3 Å². The van der Waals surface area contributed by atoms with E-state index in [0.29, 0.717) is 33.1 Å². The Morgan fingerprint density at radius 3 is 2.51 bits per heavy atom. The van der Waals surface area contributed by atoms with Gasteiger partial charge in [0, 0.05) is 23.6 Å². The number of benzene rings is 2. The maximum atomic E-state index is 14.8. The zero-order valence-electron chi connectivity index (χ0n) is 22.0. The van der Waals surface area contributed by atoms with Gasteiger partial charge in [0.2, 0.25) is 5.95 Å². The second-order valence-corrected chi connectivity index (χ2v) is 11.9. The molecule has 3 N–H and O–H groups in total. The smallest absolute Gasteiger partial charge is 0.433 e. The minimum Gasteiger partial charge on any atom is -0.481 e. The van der Waals surface area contributed by atoms with Crippen LogP contribution in [0.5, 0.6) is 0 Å². The predicted molar refractivity (Wildman–Crippen MR) is 146 cm³/mol. The molecule has 2 heterocycles. The first-order valence-electron chi connectivity index (χ1n) is 12.7. The van der Waals surface area contributed by atoms with Gasteiger partial charge in [-0.25, -0.2) is 19.3 Å². The molecule has 4 aromatic rings. The van der Waals surface area contributed by atoms with Gasteiger partial charge >= 0.3 is 12.1 Å². The Morgan fingerprint density at radius 2 is 1.83 bits per heavy atom. The Bertz CT molecular complexity index is 1610. The Morgan fingerprint density at radius 1 is 1.10 bits per heavy atom. The number of nitrogens with zero attached hydrogens (tertiary/aromatic N) is 3. The lowest BCUT2D eigenvalue weighted by atomic mass is 9.63. The molecular weight excluding hydrogens is 560 g/mol. The summed E-state index contributed by atoms with van der Waals surface area (Å²) in [5, 5.41) is 24.4. The molecule has 1 saturated carbocycles. The highest BCUT2D eigenvalue weighted by Gasteiger charge is 2.49. The standard InChI is InChI=1S/C29H26F4N4O3S/c1-27(2)15-28(40,9-7-20(27)24(38)39)25-35-14-22(41-25)17-11-16(19-5-3-4-6-21(19)30)12-18(13-17)36-26-34-10-8-23(37-26)29(31,32)33/h3-6,8,10-14,20,40H,7,9,15H2,1-2H3,(H,38,39)(H,34,36,37)/t20-,28-/m1/s1. The van der Waals surface area contributed by atoms with Gasteiger partial charge in [-0.05, 0) is 66.1 Å². The van der Waals surface area contributed by atoms with Crippen LogP contribution in [0.1, 0.15) is 43.8 Å². The van der Waals surface area contributed by atoms with E-state index in [9.17, 15) is 32.6 Å². The van der Waals surface area contributed by atoms with Gasteiger partial charge in [0.1, 0.15) is 22.1 Å². The monoisotopic (exact) mass is 586 g/mol. The first kappa shape index (κ1) is 28.6. The first-order chi connectivity index (χ1) is 19.2. The van der Waals surface area contributed by atoms with E-state index in [-0.39, 0.29) is 24.4 Å². The summed E-state index contributed by atoms with van der Waals surface area (Å²) in [6, 6.07) is 11.8. The molecule has 2 aromatic carbocycles. The van der Waals surface area contributed by atoms with Crippen molar-refractivity contribution < 1.29 is 32.6 Å². The molecule has 7 nitrogen and oxygen atoms in total. The summed E-state index contributed by atoms with van der Waals surface area (Å²) in [6.45, 7) is 3.63. The van der Waals surface area contributed by atoms with Crippen LogP contribution in [0.3, 0.4) is 0 Å². The summed E-state index contributed by atoms with van der Waals surface area (Å²) in [4.78, 5) is 24.3. The van der Waals surface area contributed by atoms with Crippen LogP contribution in [0.25, 0.3) is 21.6 Å². The number of aliphatic hydroxyl groups is 1. The van der Waals surface area contributed by atoms with Gasteiger partial charge in [0.15, 0.2) is 0 Å². The third kappa shape index (κ3) is 5.94. The van der Waals surface area contributed by atoms with E-state index in [0.717, 1.165) is 12.3 Å². The predicted octanol–water partition coefficient (Wildman–Crippen LogP) is 7.27. The van der Waals surface area contributed by atoms with Crippen molar-refractivity contribution in [2.75, 3.05) is 5.32 Å². The average molecular weight is 587 g/mol. The Balaban J connectivity index is 1.53. The lowest BCUT2D eigenvalue weighted by Crippen LogP contribution is -2.44. The number of nitrogens with one attached hydrogen (secondary N) is 1. The van der Waals surface area contributed by atoms with Crippen molar-refractivity contribution in [1.29, 1.82) is 0 Å². The molecule has 0 unspecified atom stereocenters. The van der Waals surface area contributed by atoms with Gasteiger partial charge in [0.25, 0.3) is 0 Å². The highest BCUT2D eigenvalue weighted by atomic mass is 32.1. The van der Waals surface area contributed by atoms with Gasteiger partial charge in [-0.15, -0.1) is 11.3 Å². The number of halogens is 4.